The molecule has 2 aliphatic heterocycles. The minimum absolute atomic E-state index is 0.0765. The number of pyridine rings is 1. The Kier molecular flexibility index (Phi) is 5.77. The summed E-state index contributed by atoms with van der Waals surface area (Å²) in [5.41, 5.74) is 4.93. The Morgan fingerprint density at radius 3 is 2.66 bits per heavy atom. The number of amides is 2. The van der Waals surface area contributed by atoms with Crippen LogP contribution in [0.15, 0.2) is 24.4 Å². The number of nitrogens with two attached hydrogens (primary N) is 1. The molecule has 0 aromatic carbocycles. The SMILES string of the molecule is CC(C)(CCC(=O)N1CCC2C1C(=O)CN2S(=O)(=O)Cc1ccccn1)C(N)=O. The quantitative estimate of drug-likeness (QED) is 0.661. The van der Waals surface area contributed by atoms with Gasteiger partial charge in [-0.05, 0) is 25.0 Å². The number of ketones is 1. The van der Waals surface area contributed by atoms with Gasteiger partial charge in [-0.15, -0.1) is 0 Å². The van der Waals surface area contributed by atoms with Gasteiger partial charge < -0.3 is 10.6 Å². The number of carbonyl (C=O) groups is 3. The lowest BCUT2D eigenvalue weighted by molar-refractivity contribution is -0.137. The number of rotatable bonds is 7. The molecule has 2 atom stereocenters. The van der Waals surface area contributed by atoms with E-state index in [-0.39, 0.29) is 36.8 Å². The molecule has 2 saturated heterocycles. The molecular weight excluding hydrogens is 396 g/mol. The number of primary amides is 1. The van der Waals surface area contributed by atoms with Crippen LogP contribution in [-0.2, 0) is 30.2 Å². The number of hydrogen-bond donors (Lipinski definition) is 1. The number of sulfonamides is 1. The van der Waals surface area contributed by atoms with Crippen molar-refractivity contribution in [3.05, 3.63) is 30.1 Å². The first kappa shape index (κ1) is 21.4. The molecule has 158 valence electrons. The summed E-state index contributed by atoms with van der Waals surface area (Å²) in [6.07, 6.45) is 2.27. The summed E-state index contributed by atoms with van der Waals surface area (Å²) in [6, 6.07) is 3.71. The Hall–Kier alpha value is -2.33. The second-order valence-corrected chi connectivity index (χ2v) is 10.1. The zero-order valence-electron chi connectivity index (χ0n) is 16.6. The fraction of sp³-hybridized carbons (Fsp3) is 0.579. The van der Waals surface area contributed by atoms with E-state index in [4.69, 9.17) is 5.73 Å². The van der Waals surface area contributed by atoms with Crippen LogP contribution in [0, 0.1) is 5.41 Å². The van der Waals surface area contributed by atoms with Crippen molar-refractivity contribution >= 4 is 27.6 Å². The van der Waals surface area contributed by atoms with Crippen molar-refractivity contribution < 1.29 is 22.8 Å². The standard InChI is InChI=1S/C19H26N4O5S/c1-19(2,18(20)26)8-6-16(25)22-10-7-14-17(22)15(24)11-23(14)29(27,28)12-13-5-3-4-9-21-13/h3-5,9,14,17H,6-8,10-12H2,1-2H3,(H2,20,26). The molecule has 3 rings (SSSR count). The molecule has 2 unspecified atom stereocenters. The van der Waals surface area contributed by atoms with E-state index >= 15 is 0 Å². The largest absolute Gasteiger partial charge is 0.369 e. The van der Waals surface area contributed by atoms with Gasteiger partial charge in [-0.2, -0.15) is 4.31 Å². The maximum absolute atomic E-state index is 12.9. The molecule has 2 aliphatic rings. The fourth-order valence-electron chi connectivity index (χ4n) is 3.85. The van der Waals surface area contributed by atoms with Crippen molar-refractivity contribution in [1.29, 1.82) is 0 Å². The van der Waals surface area contributed by atoms with Gasteiger partial charge in [-0.25, -0.2) is 8.42 Å². The third-order valence-corrected chi connectivity index (χ3v) is 7.52. The third-order valence-electron chi connectivity index (χ3n) is 5.74. The number of fused-ring (bicyclic) bond motifs is 1. The minimum atomic E-state index is -3.75. The summed E-state index contributed by atoms with van der Waals surface area (Å²) >= 11 is 0. The molecule has 0 bridgehead atoms. The van der Waals surface area contributed by atoms with Crippen LogP contribution in [-0.4, -0.2) is 65.4 Å². The van der Waals surface area contributed by atoms with Gasteiger partial charge in [-0.1, -0.05) is 19.9 Å². The second kappa shape index (κ2) is 7.83. The van der Waals surface area contributed by atoms with E-state index in [2.05, 4.69) is 4.98 Å². The molecular formula is C19H26N4O5S. The highest BCUT2D eigenvalue weighted by Gasteiger charge is 2.53. The van der Waals surface area contributed by atoms with E-state index in [0.717, 1.165) is 0 Å². The third kappa shape index (κ3) is 4.32. The van der Waals surface area contributed by atoms with Crippen molar-refractivity contribution in [2.75, 3.05) is 13.1 Å². The van der Waals surface area contributed by atoms with E-state index in [9.17, 15) is 22.8 Å². The van der Waals surface area contributed by atoms with Crippen molar-refractivity contribution in [1.82, 2.24) is 14.2 Å². The summed E-state index contributed by atoms with van der Waals surface area (Å²) < 4.78 is 27.0. The molecule has 10 heteroatoms. The predicted molar refractivity (Wildman–Crippen MR) is 105 cm³/mol. The van der Waals surface area contributed by atoms with Crippen LogP contribution in [0.5, 0.6) is 0 Å². The number of aromatic nitrogens is 1. The summed E-state index contributed by atoms with van der Waals surface area (Å²) in [4.78, 5) is 42.3. The first-order chi connectivity index (χ1) is 13.5. The predicted octanol–water partition coefficient (Wildman–Crippen LogP) is 0.0573. The molecule has 3 heterocycles. The average molecular weight is 423 g/mol. The summed E-state index contributed by atoms with van der Waals surface area (Å²) in [5, 5.41) is 0. The van der Waals surface area contributed by atoms with Crippen LogP contribution in [0.25, 0.3) is 0 Å². The molecule has 2 fully saturated rings. The molecule has 29 heavy (non-hydrogen) atoms. The highest BCUT2D eigenvalue weighted by atomic mass is 32.2. The topological polar surface area (TPSA) is 131 Å². The summed E-state index contributed by atoms with van der Waals surface area (Å²) in [6.45, 7) is 3.41. The Labute approximate surface area is 170 Å². The minimum Gasteiger partial charge on any atom is -0.369 e. The maximum Gasteiger partial charge on any atom is 0.223 e. The van der Waals surface area contributed by atoms with Gasteiger partial charge >= 0.3 is 0 Å². The number of carbonyl (C=O) groups excluding carboxylic acids is 3. The van der Waals surface area contributed by atoms with E-state index in [1.165, 1.54) is 15.4 Å². The van der Waals surface area contributed by atoms with Crippen molar-refractivity contribution in [2.24, 2.45) is 11.1 Å². The van der Waals surface area contributed by atoms with Crippen LogP contribution < -0.4 is 5.73 Å². The van der Waals surface area contributed by atoms with Crippen LogP contribution >= 0.6 is 0 Å². The van der Waals surface area contributed by atoms with Gasteiger partial charge in [-0.3, -0.25) is 19.4 Å². The lowest BCUT2D eigenvalue weighted by Gasteiger charge is -2.26. The second-order valence-electron chi connectivity index (χ2n) is 8.22. The lowest BCUT2D eigenvalue weighted by atomic mass is 9.87. The monoisotopic (exact) mass is 422 g/mol. The van der Waals surface area contributed by atoms with Gasteiger partial charge in [0.05, 0.1) is 18.3 Å². The van der Waals surface area contributed by atoms with Crippen LogP contribution in [0.4, 0.5) is 0 Å². The van der Waals surface area contributed by atoms with Crippen LogP contribution in [0.1, 0.15) is 38.8 Å². The number of Topliss-reactive ketones (excluding diaryl/α,β-unsaturated/α-hetero) is 1. The molecule has 1 aromatic heterocycles. The van der Waals surface area contributed by atoms with E-state index < -0.39 is 33.4 Å². The van der Waals surface area contributed by atoms with Crippen molar-refractivity contribution in [3.8, 4) is 0 Å². The normalized spacial score (nSPS) is 22.7. The molecule has 0 spiro atoms. The van der Waals surface area contributed by atoms with E-state index in [0.29, 0.717) is 18.7 Å². The first-order valence-corrected chi connectivity index (χ1v) is 11.2. The highest BCUT2D eigenvalue weighted by molar-refractivity contribution is 7.88. The Bertz CT molecular complexity index is 916. The number of hydrogen-bond acceptors (Lipinski definition) is 6. The maximum atomic E-state index is 12.9. The molecule has 2 amide bonds. The highest BCUT2D eigenvalue weighted by Crippen LogP contribution is 2.33. The lowest BCUT2D eigenvalue weighted by Crippen LogP contribution is -2.44. The Morgan fingerprint density at radius 2 is 2.03 bits per heavy atom. The summed E-state index contributed by atoms with van der Waals surface area (Å²) in [5.74, 6) is -1.32. The fourth-order valence-corrected chi connectivity index (χ4v) is 5.52. The van der Waals surface area contributed by atoms with E-state index in [1.807, 2.05) is 0 Å². The molecule has 9 nitrogen and oxygen atoms in total. The van der Waals surface area contributed by atoms with Gasteiger partial charge in [0.25, 0.3) is 0 Å². The van der Waals surface area contributed by atoms with Gasteiger partial charge in [0, 0.05) is 24.6 Å². The molecule has 0 radical (unpaired) electrons. The molecule has 0 aliphatic carbocycles. The van der Waals surface area contributed by atoms with Gasteiger partial charge in [0.1, 0.15) is 11.8 Å². The molecule has 1 aromatic rings. The van der Waals surface area contributed by atoms with Gasteiger partial charge in [0.15, 0.2) is 5.78 Å². The zero-order valence-corrected chi connectivity index (χ0v) is 17.4. The summed E-state index contributed by atoms with van der Waals surface area (Å²) in [7, 11) is -3.75. The number of nitrogens with zero attached hydrogens (tertiary/aromatic N) is 3. The Balaban J connectivity index is 1.70. The average Bonchev–Trinajstić information content (AvgIpc) is 3.22. The van der Waals surface area contributed by atoms with Gasteiger partial charge in [0.2, 0.25) is 21.8 Å². The zero-order chi connectivity index (χ0) is 21.4. The molecule has 0 saturated carbocycles. The van der Waals surface area contributed by atoms with Crippen LogP contribution in [0.2, 0.25) is 0 Å². The Morgan fingerprint density at radius 1 is 1.31 bits per heavy atom. The van der Waals surface area contributed by atoms with E-state index in [1.54, 1.807) is 32.0 Å². The molecule has 2 N–H and O–H groups in total. The first-order valence-electron chi connectivity index (χ1n) is 9.54. The van der Waals surface area contributed by atoms with Crippen molar-refractivity contribution in [3.63, 3.8) is 0 Å². The van der Waals surface area contributed by atoms with Crippen molar-refractivity contribution in [2.45, 2.75) is 50.9 Å². The smallest absolute Gasteiger partial charge is 0.223 e. The van der Waals surface area contributed by atoms with Crippen LogP contribution in [0.3, 0.4) is 0 Å². The number of likely N-dealkylation sites (tertiary alicyclic amines) is 1.